The van der Waals surface area contributed by atoms with Gasteiger partial charge in [-0.3, -0.25) is 9.59 Å². The zero-order chi connectivity index (χ0) is 12.8. The number of rotatable bonds is 6. The highest BCUT2D eigenvalue weighted by atomic mass is 19.4. The van der Waals surface area contributed by atoms with E-state index in [0.29, 0.717) is 17.7 Å². The molecule has 0 rings (SSSR count). The molecule has 0 saturated heterocycles. The van der Waals surface area contributed by atoms with E-state index in [2.05, 4.69) is 0 Å². The van der Waals surface area contributed by atoms with Crippen LogP contribution in [0.25, 0.3) is 0 Å². The number of halogens is 3. The number of alkyl halides is 3. The zero-order valence-electron chi connectivity index (χ0n) is 9.43. The molecule has 0 aromatic rings. The second-order valence-corrected chi connectivity index (χ2v) is 3.66. The summed E-state index contributed by atoms with van der Waals surface area (Å²) in [6, 6.07) is 0. The predicted molar refractivity (Wildman–Crippen MR) is 52.8 cm³/mol. The van der Waals surface area contributed by atoms with Gasteiger partial charge in [0.2, 0.25) is 5.91 Å². The van der Waals surface area contributed by atoms with Gasteiger partial charge >= 0.3 is 6.18 Å². The summed E-state index contributed by atoms with van der Waals surface area (Å²) in [7, 11) is 0. The maximum atomic E-state index is 12.2. The first kappa shape index (κ1) is 14.9. The summed E-state index contributed by atoms with van der Waals surface area (Å²) in [5, 5.41) is 0. The van der Waals surface area contributed by atoms with E-state index in [1.165, 1.54) is 6.92 Å². The summed E-state index contributed by atoms with van der Waals surface area (Å²) in [6.45, 7) is 1.77. The summed E-state index contributed by atoms with van der Waals surface area (Å²) >= 11 is 0. The van der Waals surface area contributed by atoms with E-state index in [4.69, 9.17) is 0 Å². The lowest BCUT2D eigenvalue weighted by atomic mass is 10.2. The largest absolute Gasteiger partial charge is 0.406 e. The molecule has 6 heteroatoms. The van der Waals surface area contributed by atoms with Crippen molar-refractivity contribution in [1.29, 1.82) is 0 Å². The predicted octanol–water partition coefficient (Wildman–Crippen LogP) is 2.16. The minimum Gasteiger partial charge on any atom is -0.333 e. The molecule has 0 fully saturated rings. The highest BCUT2D eigenvalue weighted by molar-refractivity contribution is 5.96. The quantitative estimate of drug-likeness (QED) is 0.666. The molecule has 3 nitrogen and oxygen atoms in total. The topological polar surface area (TPSA) is 37.4 Å². The van der Waals surface area contributed by atoms with Gasteiger partial charge in [0.25, 0.3) is 0 Å². The van der Waals surface area contributed by atoms with Crippen LogP contribution in [0.5, 0.6) is 0 Å². The van der Waals surface area contributed by atoms with Crippen molar-refractivity contribution < 1.29 is 22.8 Å². The first-order chi connectivity index (χ1) is 7.26. The summed E-state index contributed by atoms with van der Waals surface area (Å²) < 4.78 is 36.5. The maximum absolute atomic E-state index is 12.2. The number of carbonyl (C=O) groups is 2. The van der Waals surface area contributed by atoms with Gasteiger partial charge in [-0.25, -0.2) is 0 Å². The highest BCUT2D eigenvalue weighted by Crippen LogP contribution is 2.17. The van der Waals surface area contributed by atoms with Crippen LogP contribution in [0.4, 0.5) is 13.2 Å². The third-order valence-electron chi connectivity index (χ3n) is 1.90. The number of amides is 1. The van der Waals surface area contributed by atoms with E-state index < -0.39 is 30.8 Å². The van der Waals surface area contributed by atoms with E-state index in [1.807, 2.05) is 6.92 Å². The molecule has 0 N–H and O–H groups in total. The van der Waals surface area contributed by atoms with Gasteiger partial charge < -0.3 is 4.90 Å². The van der Waals surface area contributed by atoms with Gasteiger partial charge in [0, 0.05) is 6.54 Å². The normalized spacial score (nSPS) is 11.3. The van der Waals surface area contributed by atoms with Crippen LogP contribution in [0.3, 0.4) is 0 Å². The van der Waals surface area contributed by atoms with Crippen molar-refractivity contribution in [3.63, 3.8) is 0 Å². The number of unbranched alkanes of at least 4 members (excludes halogenated alkanes) is 1. The number of nitrogens with zero attached hydrogens (tertiary/aromatic N) is 1. The monoisotopic (exact) mass is 239 g/mol. The third kappa shape index (κ3) is 7.25. The van der Waals surface area contributed by atoms with E-state index in [9.17, 15) is 22.8 Å². The lowest BCUT2D eigenvalue weighted by Gasteiger charge is -2.23. The van der Waals surface area contributed by atoms with Crippen LogP contribution >= 0.6 is 0 Å². The Morgan fingerprint density at radius 2 is 1.81 bits per heavy atom. The molecule has 0 aliphatic rings. The third-order valence-corrected chi connectivity index (χ3v) is 1.90. The molecule has 0 aliphatic carbocycles. The number of hydrogen-bond donors (Lipinski definition) is 0. The van der Waals surface area contributed by atoms with Crippen molar-refractivity contribution in [2.24, 2.45) is 0 Å². The summed E-state index contributed by atoms with van der Waals surface area (Å²) in [5.41, 5.74) is 0. The zero-order valence-corrected chi connectivity index (χ0v) is 9.43. The molecular weight excluding hydrogens is 223 g/mol. The van der Waals surface area contributed by atoms with E-state index in [-0.39, 0.29) is 6.54 Å². The lowest BCUT2D eigenvalue weighted by molar-refractivity contribution is -0.162. The van der Waals surface area contributed by atoms with E-state index >= 15 is 0 Å². The molecule has 0 radical (unpaired) electrons. The Morgan fingerprint density at radius 1 is 1.25 bits per heavy atom. The van der Waals surface area contributed by atoms with Crippen LogP contribution in [-0.4, -0.2) is 35.9 Å². The Balaban J connectivity index is 4.40. The first-order valence-corrected chi connectivity index (χ1v) is 5.10. The van der Waals surface area contributed by atoms with E-state index in [0.717, 1.165) is 0 Å². The number of hydrogen-bond acceptors (Lipinski definition) is 2. The first-order valence-electron chi connectivity index (χ1n) is 5.10. The van der Waals surface area contributed by atoms with Gasteiger partial charge in [-0.2, -0.15) is 13.2 Å². The molecule has 0 atom stereocenters. The fourth-order valence-corrected chi connectivity index (χ4v) is 1.18. The fraction of sp³-hybridized carbons (Fsp3) is 0.800. The van der Waals surface area contributed by atoms with Gasteiger partial charge in [-0.15, -0.1) is 0 Å². The van der Waals surface area contributed by atoms with Gasteiger partial charge in [-0.05, 0) is 13.3 Å². The number of ketones is 1. The Morgan fingerprint density at radius 3 is 2.19 bits per heavy atom. The van der Waals surface area contributed by atoms with Crippen LogP contribution in [-0.2, 0) is 9.59 Å². The second-order valence-electron chi connectivity index (χ2n) is 3.66. The summed E-state index contributed by atoms with van der Waals surface area (Å²) in [5.74, 6) is -1.17. The standard InChI is InChI=1S/C10H16F3NO2/c1-3-4-5-14(7-10(11,12)13)9(16)6-8(2)15/h3-7H2,1-2H3. The average Bonchev–Trinajstić information content (AvgIpc) is 2.09. The minimum absolute atomic E-state index is 0.0438. The molecule has 0 aromatic heterocycles. The molecule has 0 bridgehead atoms. The number of Topliss-reactive ketones (excluding diaryl/α,β-unsaturated/α-hetero) is 1. The van der Waals surface area contributed by atoms with Crippen LogP contribution in [0.15, 0.2) is 0 Å². The molecule has 0 unspecified atom stereocenters. The maximum Gasteiger partial charge on any atom is 0.406 e. The molecule has 94 valence electrons. The van der Waals surface area contributed by atoms with Gasteiger partial charge in [0.1, 0.15) is 12.3 Å². The summed E-state index contributed by atoms with van der Waals surface area (Å²) in [6.07, 6.45) is -3.68. The number of carbonyl (C=O) groups excluding carboxylic acids is 2. The van der Waals surface area contributed by atoms with Crippen LogP contribution in [0.1, 0.15) is 33.1 Å². The van der Waals surface area contributed by atoms with Crippen molar-refractivity contribution in [2.45, 2.75) is 39.3 Å². The van der Waals surface area contributed by atoms with Gasteiger partial charge in [0.05, 0.1) is 6.42 Å². The smallest absolute Gasteiger partial charge is 0.333 e. The highest BCUT2D eigenvalue weighted by Gasteiger charge is 2.32. The second kappa shape index (κ2) is 6.50. The van der Waals surface area contributed by atoms with Gasteiger partial charge in [-0.1, -0.05) is 13.3 Å². The Bertz CT molecular complexity index is 251. The summed E-state index contributed by atoms with van der Waals surface area (Å²) in [4.78, 5) is 22.7. The van der Waals surface area contributed by atoms with Crippen molar-refractivity contribution in [3.05, 3.63) is 0 Å². The van der Waals surface area contributed by atoms with Crippen LogP contribution in [0, 0.1) is 0 Å². The van der Waals surface area contributed by atoms with Crippen molar-refractivity contribution in [3.8, 4) is 0 Å². The Hall–Kier alpha value is -1.07. The molecule has 16 heavy (non-hydrogen) atoms. The van der Waals surface area contributed by atoms with Crippen molar-refractivity contribution >= 4 is 11.7 Å². The van der Waals surface area contributed by atoms with E-state index in [1.54, 1.807) is 0 Å². The SMILES string of the molecule is CCCCN(CC(F)(F)F)C(=O)CC(C)=O. The van der Waals surface area contributed by atoms with Crippen LogP contribution in [0.2, 0.25) is 0 Å². The average molecular weight is 239 g/mol. The van der Waals surface area contributed by atoms with Crippen LogP contribution < -0.4 is 0 Å². The molecule has 0 heterocycles. The fourth-order valence-electron chi connectivity index (χ4n) is 1.18. The molecule has 1 amide bonds. The minimum atomic E-state index is -4.42. The molecule has 0 spiro atoms. The lowest BCUT2D eigenvalue weighted by Crippen LogP contribution is -2.40. The molecule has 0 aromatic carbocycles. The molecule has 0 saturated carbocycles. The van der Waals surface area contributed by atoms with Crippen molar-refractivity contribution in [1.82, 2.24) is 4.90 Å². The Kier molecular flexibility index (Phi) is 6.06. The Labute approximate surface area is 92.6 Å². The van der Waals surface area contributed by atoms with Crippen molar-refractivity contribution in [2.75, 3.05) is 13.1 Å². The van der Waals surface area contributed by atoms with Gasteiger partial charge in [0.15, 0.2) is 0 Å². The molecule has 0 aliphatic heterocycles. The molecular formula is C10H16F3NO2.